The van der Waals surface area contributed by atoms with Crippen molar-refractivity contribution in [3.63, 3.8) is 0 Å². The Kier molecular flexibility index (Phi) is 5.77. The molecule has 0 aromatic heterocycles. The van der Waals surface area contributed by atoms with Gasteiger partial charge in [0, 0.05) is 13.1 Å². The van der Waals surface area contributed by atoms with Gasteiger partial charge in [-0.2, -0.15) is 0 Å². The molecule has 0 atom stereocenters. The second-order valence-corrected chi connectivity index (χ2v) is 4.95. The largest absolute Gasteiger partial charge is 0.342 e. The summed E-state index contributed by atoms with van der Waals surface area (Å²) < 4.78 is 0. The number of amides is 1. The first-order chi connectivity index (χ1) is 7.63. The van der Waals surface area contributed by atoms with Crippen molar-refractivity contribution < 1.29 is 4.79 Å². The van der Waals surface area contributed by atoms with Gasteiger partial charge in [-0.05, 0) is 52.9 Å². The number of hydrogen-bond donors (Lipinski definition) is 1. The molecule has 0 bridgehead atoms. The average molecular weight is 227 g/mol. The van der Waals surface area contributed by atoms with Gasteiger partial charge in [0.25, 0.3) is 0 Å². The van der Waals surface area contributed by atoms with Crippen LogP contribution in [0.2, 0.25) is 0 Å². The van der Waals surface area contributed by atoms with Crippen LogP contribution in [0, 0.1) is 5.92 Å². The molecule has 4 heteroatoms. The molecule has 1 saturated heterocycles. The zero-order valence-corrected chi connectivity index (χ0v) is 10.8. The molecule has 1 N–H and O–H groups in total. The molecule has 1 rings (SSSR count). The summed E-state index contributed by atoms with van der Waals surface area (Å²) in [4.78, 5) is 15.8. The number of hydrogen-bond acceptors (Lipinski definition) is 3. The van der Waals surface area contributed by atoms with Crippen molar-refractivity contribution in [2.24, 2.45) is 5.92 Å². The van der Waals surface area contributed by atoms with Crippen LogP contribution in [0.3, 0.4) is 0 Å². The van der Waals surface area contributed by atoms with Gasteiger partial charge in [0.2, 0.25) is 5.91 Å². The van der Waals surface area contributed by atoms with Gasteiger partial charge < -0.3 is 15.1 Å². The third kappa shape index (κ3) is 4.49. The minimum absolute atomic E-state index is 0.275. The SMILES string of the molecule is CNCCC1CCN(C(=O)CN(C)C)CC1. The van der Waals surface area contributed by atoms with E-state index in [2.05, 4.69) is 5.32 Å². The van der Waals surface area contributed by atoms with Gasteiger partial charge in [-0.1, -0.05) is 0 Å². The topological polar surface area (TPSA) is 35.6 Å². The Morgan fingerprint density at radius 1 is 1.38 bits per heavy atom. The number of piperidine rings is 1. The summed E-state index contributed by atoms with van der Waals surface area (Å²) >= 11 is 0. The molecule has 0 aromatic rings. The van der Waals surface area contributed by atoms with E-state index in [-0.39, 0.29) is 5.91 Å². The molecule has 16 heavy (non-hydrogen) atoms. The van der Waals surface area contributed by atoms with Crippen LogP contribution >= 0.6 is 0 Å². The molecule has 0 spiro atoms. The first-order valence-corrected chi connectivity index (χ1v) is 6.20. The highest BCUT2D eigenvalue weighted by Crippen LogP contribution is 2.19. The number of rotatable bonds is 5. The van der Waals surface area contributed by atoms with Crippen LogP contribution in [0.4, 0.5) is 0 Å². The second-order valence-electron chi connectivity index (χ2n) is 4.95. The van der Waals surface area contributed by atoms with Crippen LogP contribution in [0.15, 0.2) is 0 Å². The third-order valence-corrected chi connectivity index (χ3v) is 3.22. The van der Waals surface area contributed by atoms with Crippen molar-refractivity contribution in [1.29, 1.82) is 0 Å². The molecular weight excluding hydrogens is 202 g/mol. The lowest BCUT2D eigenvalue weighted by Gasteiger charge is -2.32. The van der Waals surface area contributed by atoms with Gasteiger partial charge in [0.05, 0.1) is 6.54 Å². The van der Waals surface area contributed by atoms with Crippen LogP contribution in [-0.2, 0) is 4.79 Å². The Balaban J connectivity index is 2.23. The Labute approximate surface area is 99.0 Å². The fourth-order valence-corrected chi connectivity index (χ4v) is 2.19. The Hall–Kier alpha value is -0.610. The van der Waals surface area contributed by atoms with Gasteiger partial charge in [-0.3, -0.25) is 4.79 Å². The molecule has 1 amide bonds. The van der Waals surface area contributed by atoms with Gasteiger partial charge >= 0.3 is 0 Å². The smallest absolute Gasteiger partial charge is 0.236 e. The lowest BCUT2D eigenvalue weighted by Crippen LogP contribution is -2.42. The van der Waals surface area contributed by atoms with E-state index in [0.717, 1.165) is 25.6 Å². The maximum atomic E-state index is 11.8. The molecule has 0 radical (unpaired) electrons. The number of likely N-dealkylation sites (N-methyl/N-ethyl adjacent to an activating group) is 1. The van der Waals surface area contributed by atoms with Gasteiger partial charge in [-0.25, -0.2) is 0 Å². The van der Waals surface area contributed by atoms with E-state index in [0.29, 0.717) is 6.54 Å². The van der Waals surface area contributed by atoms with Crippen molar-refractivity contribution in [1.82, 2.24) is 15.1 Å². The Morgan fingerprint density at radius 2 is 2.00 bits per heavy atom. The summed E-state index contributed by atoms with van der Waals surface area (Å²) in [6, 6.07) is 0. The minimum Gasteiger partial charge on any atom is -0.342 e. The first kappa shape index (κ1) is 13.5. The lowest BCUT2D eigenvalue weighted by atomic mass is 9.93. The van der Waals surface area contributed by atoms with E-state index in [9.17, 15) is 4.79 Å². The fourth-order valence-electron chi connectivity index (χ4n) is 2.19. The Bertz CT molecular complexity index is 210. The first-order valence-electron chi connectivity index (χ1n) is 6.20. The summed E-state index contributed by atoms with van der Waals surface area (Å²) in [6.07, 6.45) is 3.58. The van der Waals surface area contributed by atoms with Crippen LogP contribution in [0.25, 0.3) is 0 Å². The molecule has 0 unspecified atom stereocenters. The highest BCUT2D eigenvalue weighted by molar-refractivity contribution is 5.78. The lowest BCUT2D eigenvalue weighted by molar-refractivity contribution is -0.133. The molecule has 94 valence electrons. The molecule has 1 fully saturated rings. The van der Waals surface area contributed by atoms with E-state index in [1.807, 2.05) is 30.9 Å². The van der Waals surface area contributed by atoms with Crippen LogP contribution in [0.5, 0.6) is 0 Å². The van der Waals surface area contributed by atoms with E-state index in [4.69, 9.17) is 0 Å². The van der Waals surface area contributed by atoms with E-state index >= 15 is 0 Å². The van der Waals surface area contributed by atoms with Gasteiger partial charge in [0.15, 0.2) is 0 Å². The minimum atomic E-state index is 0.275. The van der Waals surface area contributed by atoms with Crippen LogP contribution < -0.4 is 5.32 Å². The van der Waals surface area contributed by atoms with Crippen LogP contribution in [0.1, 0.15) is 19.3 Å². The number of carbonyl (C=O) groups excluding carboxylic acids is 1. The highest BCUT2D eigenvalue weighted by Gasteiger charge is 2.22. The molecule has 1 aliphatic rings. The third-order valence-electron chi connectivity index (χ3n) is 3.22. The monoisotopic (exact) mass is 227 g/mol. The Morgan fingerprint density at radius 3 is 2.50 bits per heavy atom. The molecule has 4 nitrogen and oxygen atoms in total. The molecule has 0 aliphatic carbocycles. The molecule has 0 saturated carbocycles. The summed E-state index contributed by atoms with van der Waals surface area (Å²) in [7, 11) is 5.88. The van der Waals surface area contributed by atoms with Crippen molar-refractivity contribution >= 4 is 5.91 Å². The van der Waals surface area contributed by atoms with Crippen LogP contribution in [-0.4, -0.2) is 63.0 Å². The van der Waals surface area contributed by atoms with E-state index < -0.39 is 0 Å². The molecule has 1 aliphatic heterocycles. The maximum Gasteiger partial charge on any atom is 0.236 e. The van der Waals surface area contributed by atoms with Crippen molar-refractivity contribution in [3.8, 4) is 0 Å². The molecule has 0 aromatic carbocycles. The standard InChI is InChI=1S/C12H25N3O/c1-13-7-4-11-5-8-15(9-6-11)12(16)10-14(2)3/h11,13H,4-10H2,1-3H3. The number of nitrogens with zero attached hydrogens (tertiary/aromatic N) is 2. The fraction of sp³-hybridized carbons (Fsp3) is 0.917. The number of carbonyl (C=O) groups is 1. The quantitative estimate of drug-likeness (QED) is 0.738. The number of nitrogens with one attached hydrogen (secondary N) is 1. The molecular formula is C12H25N3O. The summed E-state index contributed by atoms with van der Waals surface area (Å²) in [5.41, 5.74) is 0. The predicted octanol–water partition coefficient (Wildman–Crippen LogP) is 0.396. The number of likely N-dealkylation sites (tertiary alicyclic amines) is 1. The zero-order valence-electron chi connectivity index (χ0n) is 10.8. The molecule has 1 heterocycles. The zero-order chi connectivity index (χ0) is 12.0. The van der Waals surface area contributed by atoms with E-state index in [1.165, 1.54) is 19.3 Å². The summed E-state index contributed by atoms with van der Waals surface area (Å²) in [5, 5.41) is 3.19. The highest BCUT2D eigenvalue weighted by atomic mass is 16.2. The van der Waals surface area contributed by atoms with Crippen molar-refractivity contribution in [2.45, 2.75) is 19.3 Å². The summed E-state index contributed by atoms with van der Waals surface area (Å²) in [5.74, 6) is 1.08. The van der Waals surface area contributed by atoms with Gasteiger partial charge in [-0.15, -0.1) is 0 Å². The van der Waals surface area contributed by atoms with E-state index in [1.54, 1.807) is 0 Å². The maximum absolute atomic E-state index is 11.8. The normalized spacial score (nSPS) is 18.1. The van der Waals surface area contributed by atoms with Gasteiger partial charge in [0.1, 0.15) is 0 Å². The second kappa shape index (κ2) is 6.86. The average Bonchev–Trinajstić information content (AvgIpc) is 2.26. The predicted molar refractivity (Wildman–Crippen MR) is 66.4 cm³/mol. The van der Waals surface area contributed by atoms with Crippen molar-refractivity contribution in [2.75, 3.05) is 47.3 Å². The van der Waals surface area contributed by atoms with Crippen molar-refractivity contribution in [3.05, 3.63) is 0 Å². The summed E-state index contributed by atoms with van der Waals surface area (Å²) in [6.45, 7) is 3.53.